The number of aliphatic carboxylic acids is 1. The van der Waals surface area contributed by atoms with Crippen molar-refractivity contribution in [2.45, 2.75) is 51.4 Å². The van der Waals surface area contributed by atoms with Gasteiger partial charge in [-0.2, -0.15) is 12.6 Å². The van der Waals surface area contributed by atoms with Gasteiger partial charge in [0.1, 0.15) is 18.1 Å². The number of nitrogens with two attached hydrogens (primary N) is 1. The number of nitrogens with one attached hydrogen (secondary N) is 4. The number of nitrogens with zero attached hydrogens (tertiary/aromatic N) is 1. The summed E-state index contributed by atoms with van der Waals surface area (Å²) in [5, 5.41) is 16.3. The van der Waals surface area contributed by atoms with Crippen LogP contribution in [0.2, 0.25) is 0 Å². The van der Waals surface area contributed by atoms with E-state index in [-0.39, 0.29) is 18.1 Å². The molecular formula is C17H28N6O5S. The lowest BCUT2D eigenvalue weighted by atomic mass is 10.0. The van der Waals surface area contributed by atoms with E-state index in [9.17, 15) is 19.2 Å². The number of thiol groups is 1. The number of carboxylic acids is 1. The summed E-state index contributed by atoms with van der Waals surface area (Å²) < 4.78 is 0. The Labute approximate surface area is 174 Å². The largest absolute Gasteiger partial charge is 0.480 e. The van der Waals surface area contributed by atoms with E-state index in [1.807, 2.05) is 0 Å². The normalized spacial score (nSPS) is 15.1. The smallest absolute Gasteiger partial charge is 0.327 e. The van der Waals surface area contributed by atoms with Gasteiger partial charge in [-0.1, -0.05) is 13.8 Å². The molecule has 3 amide bonds. The van der Waals surface area contributed by atoms with Crippen molar-refractivity contribution in [3.05, 3.63) is 18.2 Å². The SMILES string of the molecule is CC(NC(=O)C(Cc1cnc[nH]1)NC(=O)C(N)C(C)C)C(=O)NC(CS)C(=O)O. The average molecular weight is 429 g/mol. The molecule has 12 heteroatoms. The molecule has 0 saturated heterocycles. The quantitative estimate of drug-likeness (QED) is 0.208. The van der Waals surface area contributed by atoms with Gasteiger partial charge in [0.15, 0.2) is 0 Å². The van der Waals surface area contributed by atoms with E-state index in [4.69, 9.17) is 10.8 Å². The molecule has 0 bridgehead atoms. The number of amides is 3. The molecule has 1 rings (SSSR count). The number of H-pyrrole nitrogens is 1. The molecule has 0 radical (unpaired) electrons. The second-order valence-corrected chi connectivity index (χ2v) is 7.29. The molecule has 0 fully saturated rings. The van der Waals surface area contributed by atoms with Gasteiger partial charge < -0.3 is 31.8 Å². The van der Waals surface area contributed by atoms with Gasteiger partial charge >= 0.3 is 5.97 Å². The Morgan fingerprint density at radius 2 is 1.72 bits per heavy atom. The van der Waals surface area contributed by atoms with Gasteiger partial charge in [0, 0.05) is 24.1 Å². The van der Waals surface area contributed by atoms with E-state index in [1.54, 1.807) is 13.8 Å². The number of carbonyl (C=O) groups is 4. The molecule has 11 nitrogen and oxygen atoms in total. The second-order valence-electron chi connectivity index (χ2n) is 6.92. The van der Waals surface area contributed by atoms with Crippen LogP contribution in [-0.4, -0.2) is 68.7 Å². The van der Waals surface area contributed by atoms with Crippen LogP contribution in [0.15, 0.2) is 12.5 Å². The van der Waals surface area contributed by atoms with Crippen LogP contribution in [0.5, 0.6) is 0 Å². The summed E-state index contributed by atoms with van der Waals surface area (Å²) in [5.74, 6) is -3.29. The highest BCUT2D eigenvalue weighted by molar-refractivity contribution is 7.80. The predicted molar refractivity (Wildman–Crippen MR) is 108 cm³/mol. The lowest BCUT2D eigenvalue weighted by Gasteiger charge is -2.24. The summed E-state index contributed by atoms with van der Waals surface area (Å²) in [6, 6.07) is -4.04. The van der Waals surface area contributed by atoms with Crippen LogP contribution >= 0.6 is 12.6 Å². The first kappa shape index (κ1) is 24.4. The fourth-order valence-corrected chi connectivity index (χ4v) is 2.51. The maximum Gasteiger partial charge on any atom is 0.327 e. The van der Waals surface area contributed by atoms with Crippen LogP contribution < -0.4 is 21.7 Å². The maximum absolute atomic E-state index is 12.7. The minimum atomic E-state index is -1.24. The van der Waals surface area contributed by atoms with E-state index >= 15 is 0 Å². The van der Waals surface area contributed by atoms with Crippen LogP contribution in [0, 0.1) is 5.92 Å². The maximum atomic E-state index is 12.7. The molecule has 0 saturated carbocycles. The molecule has 0 aromatic carbocycles. The molecule has 1 heterocycles. The number of hydrogen-bond donors (Lipinski definition) is 7. The second kappa shape index (κ2) is 11.4. The molecule has 1 aromatic rings. The first-order chi connectivity index (χ1) is 13.6. The molecule has 0 spiro atoms. The van der Waals surface area contributed by atoms with Gasteiger partial charge in [0.05, 0.1) is 12.4 Å². The zero-order valence-electron chi connectivity index (χ0n) is 16.5. The van der Waals surface area contributed by atoms with Crippen molar-refractivity contribution in [1.29, 1.82) is 0 Å². The fraction of sp³-hybridized carbons (Fsp3) is 0.588. The standard InChI is InChI=1S/C17H28N6O5S/c1-8(2)13(18)16(26)22-11(4-10-5-19-7-20-10)15(25)21-9(3)14(24)23-12(6-29)17(27)28/h5,7-9,11-13,29H,4,6,18H2,1-3H3,(H,19,20)(H,21,25)(H,22,26)(H,23,24)(H,27,28). The van der Waals surface area contributed by atoms with Crippen molar-refractivity contribution in [3.63, 3.8) is 0 Å². The Bertz CT molecular complexity index is 711. The van der Waals surface area contributed by atoms with Crippen molar-refractivity contribution < 1.29 is 24.3 Å². The van der Waals surface area contributed by atoms with Crippen LogP contribution in [0.4, 0.5) is 0 Å². The zero-order chi connectivity index (χ0) is 22.1. The monoisotopic (exact) mass is 428 g/mol. The highest BCUT2D eigenvalue weighted by atomic mass is 32.1. The number of carbonyl (C=O) groups excluding carboxylic acids is 3. The lowest BCUT2D eigenvalue weighted by Crippen LogP contribution is -2.57. The van der Waals surface area contributed by atoms with Gasteiger partial charge in [0.25, 0.3) is 0 Å². The molecule has 0 aliphatic heterocycles. The van der Waals surface area contributed by atoms with Gasteiger partial charge in [-0.15, -0.1) is 0 Å². The summed E-state index contributed by atoms with van der Waals surface area (Å²) in [4.78, 5) is 54.9. The molecule has 0 aliphatic rings. The average Bonchev–Trinajstić information content (AvgIpc) is 3.17. The summed E-state index contributed by atoms with van der Waals surface area (Å²) >= 11 is 3.87. The van der Waals surface area contributed by atoms with Crippen molar-refractivity contribution in [2.75, 3.05) is 5.75 Å². The number of aromatic amines is 1. The van der Waals surface area contributed by atoms with Crippen LogP contribution in [0.3, 0.4) is 0 Å². The summed E-state index contributed by atoms with van der Waals surface area (Å²) in [6.07, 6.45) is 3.05. The molecule has 4 unspecified atom stereocenters. The van der Waals surface area contributed by atoms with Crippen LogP contribution in [0.1, 0.15) is 26.5 Å². The third-order valence-electron chi connectivity index (χ3n) is 4.18. The number of imidazole rings is 1. The molecule has 7 N–H and O–H groups in total. The highest BCUT2D eigenvalue weighted by Crippen LogP contribution is 2.03. The Kier molecular flexibility index (Phi) is 9.62. The summed E-state index contributed by atoms with van der Waals surface area (Å²) in [7, 11) is 0. The van der Waals surface area contributed by atoms with Crippen molar-refractivity contribution in [1.82, 2.24) is 25.9 Å². The third kappa shape index (κ3) is 7.74. The van der Waals surface area contributed by atoms with Gasteiger partial charge in [-0.25, -0.2) is 9.78 Å². The van der Waals surface area contributed by atoms with Crippen LogP contribution in [0.25, 0.3) is 0 Å². The fourth-order valence-electron chi connectivity index (χ4n) is 2.26. The minimum Gasteiger partial charge on any atom is -0.480 e. The molecule has 1 aromatic heterocycles. The number of aromatic nitrogens is 2. The van der Waals surface area contributed by atoms with Gasteiger partial charge in [-0.3, -0.25) is 14.4 Å². The summed E-state index contributed by atoms with van der Waals surface area (Å²) in [5.41, 5.74) is 6.44. The predicted octanol–water partition coefficient (Wildman–Crippen LogP) is -1.58. The van der Waals surface area contributed by atoms with Crippen LogP contribution in [-0.2, 0) is 25.6 Å². The molecule has 29 heavy (non-hydrogen) atoms. The number of hydrogen-bond acceptors (Lipinski definition) is 7. The molecule has 4 atom stereocenters. The summed E-state index contributed by atoms with van der Waals surface area (Å²) in [6.45, 7) is 4.96. The number of carboxylic acid groups (broad SMARTS) is 1. The molecule has 0 aliphatic carbocycles. The van der Waals surface area contributed by atoms with Crippen molar-refractivity contribution >= 4 is 36.3 Å². The Balaban J connectivity index is 2.83. The first-order valence-corrected chi connectivity index (χ1v) is 9.67. The van der Waals surface area contributed by atoms with E-state index in [2.05, 4.69) is 38.5 Å². The Morgan fingerprint density at radius 3 is 2.21 bits per heavy atom. The van der Waals surface area contributed by atoms with Crippen molar-refractivity contribution in [2.24, 2.45) is 11.7 Å². The van der Waals surface area contributed by atoms with Crippen molar-refractivity contribution in [3.8, 4) is 0 Å². The highest BCUT2D eigenvalue weighted by Gasteiger charge is 2.29. The van der Waals surface area contributed by atoms with E-state index in [0.717, 1.165) is 0 Å². The minimum absolute atomic E-state index is 0.102. The van der Waals surface area contributed by atoms with Gasteiger partial charge in [0.2, 0.25) is 17.7 Å². The third-order valence-corrected chi connectivity index (χ3v) is 4.55. The van der Waals surface area contributed by atoms with E-state index < -0.39 is 47.9 Å². The Hall–Kier alpha value is -2.60. The Morgan fingerprint density at radius 1 is 1.10 bits per heavy atom. The molecule has 162 valence electrons. The lowest BCUT2D eigenvalue weighted by molar-refractivity contribution is -0.141. The topological polar surface area (TPSA) is 179 Å². The van der Waals surface area contributed by atoms with E-state index in [1.165, 1.54) is 19.4 Å². The number of rotatable bonds is 11. The molecular weight excluding hydrogens is 400 g/mol. The van der Waals surface area contributed by atoms with E-state index in [0.29, 0.717) is 5.69 Å². The van der Waals surface area contributed by atoms with Gasteiger partial charge in [-0.05, 0) is 12.8 Å². The first-order valence-electron chi connectivity index (χ1n) is 9.04. The zero-order valence-corrected chi connectivity index (χ0v) is 17.4.